The number of aromatic nitrogens is 1. The standard InChI is InChI=1S/C31H38N4O4/c1-21-13-22(2)17-33(16-21)12-6-11-32-30(37)31(3)19-34-25-8-5-4-7-24(25)15-26(34)29(36)35(31)18-23-9-10-27-28(14-23)39-20-38-27/h4-5,7-10,14-15,21-22H,6,11-13,16-20H2,1-3H3,(H,32,37)/t21-,22+,31-/m0/s1. The molecule has 3 atom stereocenters. The maximum absolute atomic E-state index is 14.0. The second kappa shape index (κ2) is 10.2. The number of amides is 2. The number of carbonyl (C=O) groups is 2. The Morgan fingerprint density at radius 1 is 1.05 bits per heavy atom. The van der Waals surface area contributed by atoms with Gasteiger partial charge in [-0.3, -0.25) is 9.59 Å². The van der Waals surface area contributed by atoms with E-state index < -0.39 is 5.54 Å². The topological polar surface area (TPSA) is 76.0 Å². The summed E-state index contributed by atoms with van der Waals surface area (Å²) in [4.78, 5) is 32.1. The minimum absolute atomic E-state index is 0.125. The van der Waals surface area contributed by atoms with E-state index in [0.717, 1.165) is 42.5 Å². The van der Waals surface area contributed by atoms with Gasteiger partial charge in [0.05, 0.1) is 6.54 Å². The predicted octanol–water partition coefficient (Wildman–Crippen LogP) is 4.27. The maximum atomic E-state index is 14.0. The average molecular weight is 531 g/mol. The fourth-order valence-electron chi connectivity index (χ4n) is 6.65. The van der Waals surface area contributed by atoms with Crippen molar-refractivity contribution in [3.63, 3.8) is 0 Å². The highest BCUT2D eigenvalue weighted by Gasteiger charge is 2.47. The molecule has 0 bridgehead atoms. The summed E-state index contributed by atoms with van der Waals surface area (Å²) in [6, 6.07) is 15.6. The summed E-state index contributed by atoms with van der Waals surface area (Å²) in [5.41, 5.74) is 1.41. The average Bonchev–Trinajstić information content (AvgIpc) is 3.53. The van der Waals surface area contributed by atoms with Crippen molar-refractivity contribution < 1.29 is 19.1 Å². The van der Waals surface area contributed by atoms with Gasteiger partial charge in [0.2, 0.25) is 12.7 Å². The number of nitrogens with one attached hydrogen (secondary N) is 1. The van der Waals surface area contributed by atoms with Crippen LogP contribution in [-0.2, 0) is 17.9 Å². The van der Waals surface area contributed by atoms with E-state index in [9.17, 15) is 9.59 Å². The smallest absolute Gasteiger partial charge is 0.271 e. The highest BCUT2D eigenvalue weighted by molar-refractivity contribution is 6.03. The van der Waals surface area contributed by atoms with Gasteiger partial charge in [0.1, 0.15) is 11.2 Å². The molecule has 0 unspecified atom stereocenters. The number of benzene rings is 2. The molecule has 0 radical (unpaired) electrons. The number of para-hydroxylation sites is 1. The molecule has 4 heterocycles. The molecule has 2 aromatic carbocycles. The molecule has 206 valence electrons. The number of ether oxygens (including phenoxy) is 2. The van der Waals surface area contributed by atoms with Crippen LogP contribution in [0.25, 0.3) is 10.9 Å². The zero-order chi connectivity index (χ0) is 27.1. The minimum Gasteiger partial charge on any atom is -0.454 e. The Bertz CT molecular complexity index is 1390. The summed E-state index contributed by atoms with van der Waals surface area (Å²) in [5, 5.41) is 4.19. The van der Waals surface area contributed by atoms with E-state index in [0.29, 0.717) is 48.7 Å². The van der Waals surface area contributed by atoms with Gasteiger partial charge in [-0.05, 0) is 68.0 Å². The summed E-state index contributed by atoms with van der Waals surface area (Å²) in [6.07, 6.45) is 2.17. The highest BCUT2D eigenvalue weighted by atomic mass is 16.7. The van der Waals surface area contributed by atoms with E-state index in [1.54, 1.807) is 4.90 Å². The molecular formula is C31H38N4O4. The van der Waals surface area contributed by atoms with Crippen molar-refractivity contribution in [2.45, 2.75) is 52.2 Å². The second-order valence-corrected chi connectivity index (χ2v) is 11.8. The van der Waals surface area contributed by atoms with Crippen LogP contribution in [-0.4, -0.2) is 64.7 Å². The van der Waals surface area contributed by atoms with Crippen molar-refractivity contribution in [2.75, 3.05) is 33.0 Å². The lowest BCUT2D eigenvalue weighted by molar-refractivity contribution is -0.133. The maximum Gasteiger partial charge on any atom is 0.271 e. The SMILES string of the molecule is C[C@@H]1C[C@H](C)CN(CCCNC(=O)[C@]2(C)Cn3c(cc4ccccc43)C(=O)N2Cc2ccc3c(c2)OCO3)C1. The molecule has 1 aromatic heterocycles. The molecule has 1 saturated heterocycles. The van der Waals surface area contributed by atoms with Crippen LogP contribution in [0.15, 0.2) is 48.5 Å². The quantitative estimate of drug-likeness (QED) is 0.462. The molecule has 3 aromatic rings. The molecule has 3 aliphatic heterocycles. The van der Waals surface area contributed by atoms with Gasteiger partial charge < -0.3 is 29.2 Å². The van der Waals surface area contributed by atoms with Crippen molar-refractivity contribution in [1.82, 2.24) is 19.7 Å². The molecule has 0 saturated carbocycles. The molecule has 1 N–H and O–H groups in total. The van der Waals surface area contributed by atoms with Crippen molar-refractivity contribution in [2.24, 2.45) is 11.8 Å². The van der Waals surface area contributed by atoms with Gasteiger partial charge in [0.25, 0.3) is 5.91 Å². The number of fused-ring (bicyclic) bond motifs is 4. The van der Waals surface area contributed by atoms with Gasteiger partial charge in [0, 0.05) is 37.1 Å². The Morgan fingerprint density at radius 3 is 2.64 bits per heavy atom. The van der Waals surface area contributed by atoms with Crippen LogP contribution in [0.5, 0.6) is 11.5 Å². The molecule has 6 rings (SSSR count). The highest BCUT2D eigenvalue weighted by Crippen LogP contribution is 2.36. The van der Waals surface area contributed by atoms with Crippen LogP contribution < -0.4 is 14.8 Å². The molecule has 8 heteroatoms. The fraction of sp³-hybridized carbons (Fsp3) is 0.484. The molecular weight excluding hydrogens is 492 g/mol. The van der Waals surface area contributed by atoms with Gasteiger partial charge in [0.15, 0.2) is 11.5 Å². The summed E-state index contributed by atoms with van der Waals surface area (Å²) in [6.45, 7) is 11.2. The van der Waals surface area contributed by atoms with Crippen LogP contribution in [0.4, 0.5) is 0 Å². The van der Waals surface area contributed by atoms with E-state index in [2.05, 4.69) is 24.1 Å². The summed E-state index contributed by atoms with van der Waals surface area (Å²) >= 11 is 0. The Labute approximate surface area is 229 Å². The lowest BCUT2D eigenvalue weighted by atomic mass is 9.92. The first-order valence-electron chi connectivity index (χ1n) is 14.1. The molecule has 2 amide bonds. The number of piperidine rings is 1. The van der Waals surface area contributed by atoms with Gasteiger partial charge in [-0.1, -0.05) is 38.1 Å². The van der Waals surface area contributed by atoms with Crippen LogP contribution in [0.3, 0.4) is 0 Å². The van der Waals surface area contributed by atoms with Gasteiger partial charge in [-0.2, -0.15) is 0 Å². The van der Waals surface area contributed by atoms with Crippen molar-refractivity contribution in [3.05, 3.63) is 59.8 Å². The zero-order valence-electron chi connectivity index (χ0n) is 23.1. The molecule has 0 spiro atoms. The first-order chi connectivity index (χ1) is 18.8. The second-order valence-electron chi connectivity index (χ2n) is 11.8. The lowest BCUT2D eigenvalue weighted by Gasteiger charge is -2.44. The number of carbonyl (C=O) groups excluding carboxylic acids is 2. The summed E-state index contributed by atoms with van der Waals surface area (Å²) < 4.78 is 13.0. The van der Waals surface area contributed by atoms with Crippen LogP contribution >= 0.6 is 0 Å². The van der Waals surface area contributed by atoms with E-state index >= 15 is 0 Å². The van der Waals surface area contributed by atoms with Crippen molar-refractivity contribution >= 4 is 22.7 Å². The van der Waals surface area contributed by atoms with Crippen LogP contribution in [0.1, 0.15) is 49.7 Å². The number of nitrogens with zero attached hydrogens (tertiary/aromatic N) is 3. The van der Waals surface area contributed by atoms with Gasteiger partial charge in [-0.15, -0.1) is 0 Å². The number of hydrogen-bond donors (Lipinski definition) is 1. The van der Waals surface area contributed by atoms with Gasteiger partial charge in [-0.25, -0.2) is 0 Å². The molecule has 0 aliphatic carbocycles. The largest absolute Gasteiger partial charge is 0.454 e. The lowest BCUT2D eigenvalue weighted by Crippen LogP contribution is -2.63. The van der Waals surface area contributed by atoms with Crippen LogP contribution in [0.2, 0.25) is 0 Å². The predicted molar refractivity (Wildman–Crippen MR) is 150 cm³/mol. The first kappa shape index (κ1) is 25.7. The summed E-state index contributed by atoms with van der Waals surface area (Å²) in [5.74, 6) is 2.52. The normalized spacial score (nSPS) is 24.7. The Kier molecular flexibility index (Phi) is 6.75. The van der Waals surface area contributed by atoms with E-state index in [-0.39, 0.29) is 18.6 Å². The van der Waals surface area contributed by atoms with E-state index in [4.69, 9.17) is 9.47 Å². The number of likely N-dealkylation sites (tertiary alicyclic amines) is 1. The Balaban J connectivity index is 1.23. The third kappa shape index (κ3) is 4.86. The van der Waals surface area contributed by atoms with Gasteiger partial charge >= 0.3 is 0 Å². The van der Waals surface area contributed by atoms with E-state index in [1.165, 1.54) is 6.42 Å². The Morgan fingerprint density at radius 2 is 1.82 bits per heavy atom. The van der Waals surface area contributed by atoms with E-state index in [1.807, 2.05) is 60.0 Å². The first-order valence-corrected chi connectivity index (χ1v) is 14.1. The number of rotatable bonds is 7. The third-order valence-electron chi connectivity index (χ3n) is 8.48. The molecule has 8 nitrogen and oxygen atoms in total. The fourth-order valence-corrected chi connectivity index (χ4v) is 6.65. The minimum atomic E-state index is -1.06. The monoisotopic (exact) mass is 530 g/mol. The molecule has 1 fully saturated rings. The van der Waals surface area contributed by atoms with Crippen molar-refractivity contribution in [1.29, 1.82) is 0 Å². The van der Waals surface area contributed by atoms with Crippen molar-refractivity contribution in [3.8, 4) is 11.5 Å². The Hall–Kier alpha value is -3.52. The third-order valence-corrected chi connectivity index (χ3v) is 8.48. The number of hydrogen-bond acceptors (Lipinski definition) is 5. The molecule has 39 heavy (non-hydrogen) atoms. The molecule has 3 aliphatic rings. The van der Waals surface area contributed by atoms with Crippen LogP contribution in [0, 0.1) is 11.8 Å². The zero-order valence-corrected chi connectivity index (χ0v) is 23.1. The summed E-state index contributed by atoms with van der Waals surface area (Å²) in [7, 11) is 0.